The highest BCUT2D eigenvalue weighted by atomic mass is 19.3. The highest BCUT2D eigenvalue weighted by molar-refractivity contribution is 5.09. The molecule has 0 radical (unpaired) electrons. The smallest absolute Gasteiger partial charge is 0.273 e. The van der Waals surface area contributed by atoms with E-state index in [0.717, 1.165) is 0 Å². The normalized spacial score (nSPS) is 14.2. The first-order chi connectivity index (χ1) is 6.18. The molecule has 0 heterocycles. The lowest BCUT2D eigenvalue weighted by Crippen LogP contribution is -2.61. The molecule has 0 aliphatic carbocycles. The van der Waals surface area contributed by atoms with Crippen LogP contribution in [-0.2, 0) is 0 Å². The van der Waals surface area contributed by atoms with E-state index >= 15 is 0 Å². The summed E-state index contributed by atoms with van der Waals surface area (Å²) in [6.07, 6.45) is 1.79. The highest BCUT2D eigenvalue weighted by Gasteiger charge is 2.57. The van der Waals surface area contributed by atoms with Gasteiger partial charge in [-0.1, -0.05) is 33.8 Å². The van der Waals surface area contributed by atoms with Crippen LogP contribution in [0.5, 0.6) is 0 Å². The largest absolute Gasteiger partial charge is 0.320 e. The van der Waals surface area contributed by atoms with Gasteiger partial charge in [0.1, 0.15) is 0 Å². The third-order valence-corrected chi connectivity index (χ3v) is 3.21. The molecule has 0 aromatic heterocycles. The second-order valence-electron chi connectivity index (χ2n) is 4.36. The van der Waals surface area contributed by atoms with Gasteiger partial charge in [-0.25, -0.2) is 8.78 Å². The van der Waals surface area contributed by atoms with Crippen LogP contribution in [-0.4, -0.2) is 11.5 Å². The molecule has 84 valence electrons. The Morgan fingerprint density at radius 3 is 1.79 bits per heavy atom. The van der Waals surface area contributed by atoms with Gasteiger partial charge in [0, 0.05) is 5.41 Å². The molecule has 0 spiro atoms. The molecule has 0 amide bonds. The standard InChI is InChI=1S/C11H21F2N/c1-6-9(4,5)11(12,13)10(14,7-2)8-3/h6H,1,7-8,14H2,2-5H3. The Kier molecular flexibility index (Phi) is 3.85. The molecule has 0 saturated carbocycles. The number of nitrogens with two attached hydrogens (primary N) is 1. The van der Waals surface area contributed by atoms with Crippen molar-refractivity contribution in [2.75, 3.05) is 0 Å². The molecule has 0 aliphatic heterocycles. The Balaban J connectivity index is 5.20. The molecule has 0 atom stereocenters. The number of rotatable bonds is 5. The maximum Gasteiger partial charge on any atom is 0.273 e. The Labute approximate surface area is 85.4 Å². The first-order valence-corrected chi connectivity index (χ1v) is 4.98. The third kappa shape index (κ3) is 1.83. The van der Waals surface area contributed by atoms with Gasteiger partial charge in [-0.15, -0.1) is 6.58 Å². The van der Waals surface area contributed by atoms with Gasteiger partial charge < -0.3 is 5.73 Å². The summed E-state index contributed by atoms with van der Waals surface area (Å²) >= 11 is 0. The van der Waals surface area contributed by atoms with Crippen LogP contribution in [0.3, 0.4) is 0 Å². The van der Waals surface area contributed by atoms with Crippen molar-refractivity contribution < 1.29 is 8.78 Å². The molecule has 1 nitrogen and oxygen atoms in total. The van der Waals surface area contributed by atoms with Crippen molar-refractivity contribution in [1.82, 2.24) is 0 Å². The van der Waals surface area contributed by atoms with Crippen LogP contribution in [0.25, 0.3) is 0 Å². The minimum atomic E-state index is -2.94. The van der Waals surface area contributed by atoms with Crippen molar-refractivity contribution in [2.45, 2.75) is 52.0 Å². The predicted molar refractivity (Wildman–Crippen MR) is 56.4 cm³/mol. The lowest BCUT2D eigenvalue weighted by molar-refractivity contribution is -0.145. The number of alkyl halides is 2. The summed E-state index contributed by atoms with van der Waals surface area (Å²) in [6, 6.07) is 0. The van der Waals surface area contributed by atoms with Crippen LogP contribution in [0.2, 0.25) is 0 Å². The molecule has 2 N–H and O–H groups in total. The molecule has 14 heavy (non-hydrogen) atoms. The second-order valence-corrected chi connectivity index (χ2v) is 4.36. The fourth-order valence-corrected chi connectivity index (χ4v) is 1.46. The molecule has 0 unspecified atom stereocenters. The number of halogens is 2. The molecular formula is C11H21F2N. The van der Waals surface area contributed by atoms with Crippen molar-refractivity contribution in [2.24, 2.45) is 11.1 Å². The van der Waals surface area contributed by atoms with E-state index in [4.69, 9.17) is 5.73 Å². The highest BCUT2D eigenvalue weighted by Crippen LogP contribution is 2.46. The molecule has 0 aromatic rings. The molecule has 0 saturated heterocycles. The fourth-order valence-electron chi connectivity index (χ4n) is 1.46. The average Bonchev–Trinajstić information content (AvgIpc) is 2.15. The average molecular weight is 205 g/mol. The monoisotopic (exact) mass is 205 g/mol. The first kappa shape index (κ1) is 13.6. The van der Waals surface area contributed by atoms with Crippen LogP contribution in [0.1, 0.15) is 40.5 Å². The lowest BCUT2D eigenvalue weighted by atomic mass is 9.72. The molecule has 0 fully saturated rings. The molecule has 3 heteroatoms. The topological polar surface area (TPSA) is 26.0 Å². The minimum absolute atomic E-state index is 0.258. The van der Waals surface area contributed by atoms with Crippen molar-refractivity contribution in [3.63, 3.8) is 0 Å². The van der Waals surface area contributed by atoms with E-state index in [2.05, 4.69) is 6.58 Å². The summed E-state index contributed by atoms with van der Waals surface area (Å²) in [7, 11) is 0. The summed E-state index contributed by atoms with van der Waals surface area (Å²) in [5.41, 5.74) is 3.03. The van der Waals surface area contributed by atoms with Crippen LogP contribution in [0.4, 0.5) is 8.78 Å². The van der Waals surface area contributed by atoms with Crippen LogP contribution < -0.4 is 5.73 Å². The molecule has 0 aromatic carbocycles. The van der Waals surface area contributed by atoms with Crippen LogP contribution >= 0.6 is 0 Å². The third-order valence-electron chi connectivity index (χ3n) is 3.21. The number of allylic oxidation sites excluding steroid dienone is 1. The Hall–Kier alpha value is -0.440. The maximum atomic E-state index is 14.1. The Bertz CT molecular complexity index is 205. The van der Waals surface area contributed by atoms with E-state index in [-0.39, 0.29) is 12.8 Å². The second kappa shape index (κ2) is 3.97. The summed E-state index contributed by atoms with van der Waals surface area (Å²) < 4.78 is 28.1. The SMILES string of the molecule is C=CC(C)(C)C(F)(F)C(N)(CC)CC. The minimum Gasteiger partial charge on any atom is -0.320 e. The zero-order valence-electron chi connectivity index (χ0n) is 9.53. The van der Waals surface area contributed by atoms with E-state index in [1.54, 1.807) is 13.8 Å². The zero-order valence-corrected chi connectivity index (χ0v) is 9.53. The molecule has 0 bridgehead atoms. The van der Waals surface area contributed by atoms with Gasteiger partial charge in [-0.2, -0.15) is 0 Å². The van der Waals surface area contributed by atoms with E-state index < -0.39 is 16.9 Å². The molecule has 0 rings (SSSR count). The number of hydrogen-bond donors (Lipinski definition) is 1. The van der Waals surface area contributed by atoms with Gasteiger partial charge in [-0.3, -0.25) is 0 Å². The van der Waals surface area contributed by atoms with Gasteiger partial charge in [0.05, 0.1) is 5.54 Å². The van der Waals surface area contributed by atoms with Gasteiger partial charge in [0.25, 0.3) is 5.92 Å². The van der Waals surface area contributed by atoms with Gasteiger partial charge in [-0.05, 0) is 12.8 Å². The van der Waals surface area contributed by atoms with Crippen molar-refractivity contribution in [1.29, 1.82) is 0 Å². The number of hydrogen-bond acceptors (Lipinski definition) is 1. The van der Waals surface area contributed by atoms with Crippen LogP contribution in [0, 0.1) is 5.41 Å². The summed E-state index contributed by atoms with van der Waals surface area (Å²) in [5.74, 6) is -2.94. The first-order valence-electron chi connectivity index (χ1n) is 4.98. The van der Waals surface area contributed by atoms with Crippen LogP contribution in [0.15, 0.2) is 12.7 Å². The van der Waals surface area contributed by atoms with E-state index in [1.165, 1.54) is 19.9 Å². The fraction of sp³-hybridized carbons (Fsp3) is 0.818. The summed E-state index contributed by atoms with van der Waals surface area (Å²) in [4.78, 5) is 0. The summed E-state index contributed by atoms with van der Waals surface area (Å²) in [6.45, 7) is 9.76. The predicted octanol–water partition coefficient (Wildman–Crippen LogP) is 3.35. The van der Waals surface area contributed by atoms with Gasteiger partial charge >= 0.3 is 0 Å². The van der Waals surface area contributed by atoms with E-state index in [1.807, 2.05) is 0 Å². The van der Waals surface area contributed by atoms with Gasteiger partial charge in [0.15, 0.2) is 0 Å². The van der Waals surface area contributed by atoms with E-state index in [9.17, 15) is 8.78 Å². The van der Waals surface area contributed by atoms with Crippen molar-refractivity contribution >= 4 is 0 Å². The molecule has 0 aliphatic rings. The quantitative estimate of drug-likeness (QED) is 0.684. The van der Waals surface area contributed by atoms with Gasteiger partial charge in [0.2, 0.25) is 0 Å². The lowest BCUT2D eigenvalue weighted by Gasteiger charge is -2.43. The van der Waals surface area contributed by atoms with Crippen molar-refractivity contribution in [3.05, 3.63) is 12.7 Å². The Morgan fingerprint density at radius 2 is 1.57 bits per heavy atom. The van der Waals surface area contributed by atoms with E-state index in [0.29, 0.717) is 0 Å². The zero-order chi connectivity index (χ0) is 11.6. The van der Waals surface area contributed by atoms with Crippen molar-refractivity contribution in [3.8, 4) is 0 Å². The summed E-state index contributed by atoms with van der Waals surface area (Å²) in [5, 5.41) is 0. The Morgan fingerprint density at radius 1 is 1.21 bits per heavy atom. The maximum absolute atomic E-state index is 14.1. The molecular weight excluding hydrogens is 184 g/mol.